The summed E-state index contributed by atoms with van der Waals surface area (Å²) < 4.78 is 0. The minimum atomic E-state index is 0.312. The summed E-state index contributed by atoms with van der Waals surface area (Å²) in [7, 11) is 1.95. The van der Waals surface area contributed by atoms with Gasteiger partial charge in [0.15, 0.2) is 0 Å². The van der Waals surface area contributed by atoms with Crippen LogP contribution >= 0.6 is 0 Å². The summed E-state index contributed by atoms with van der Waals surface area (Å²) in [6.07, 6.45) is 3.34. The van der Waals surface area contributed by atoms with Gasteiger partial charge in [-0.25, -0.2) is 0 Å². The summed E-state index contributed by atoms with van der Waals surface area (Å²) >= 11 is 0. The average Bonchev–Trinajstić information content (AvgIpc) is 2.73. The first kappa shape index (κ1) is 10.9. The molecule has 3 heteroatoms. The van der Waals surface area contributed by atoms with Gasteiger partial charge in [-0.2, -0.15) is 0 Å². The molecule has 86 valence electrons. The molecular formula is C12H22N2O. The van der Waals surface area contributed by atoms with Gasteiger partial charge >= 0.3 is 0 Å². The number of carbonyl (C=O) groups excluding carboxylic acids is 1. The Morgan fingerprint density at radius 2 is 2.40 bits per heavy atom. The third-order valence-electron chi connectivity index (χ3n) is 4.36. The fourth-order valence-electron chi connectivity index (χ4n) is 2.67. The van der Waals surface area contributed by atoms with Gasteiger partial charge in [0.2, 0.25) is 5.91 Å². The molecule has 1 heterocycles. The van der Waals surface area contributed by atoms with E-state index in [2.05, 4.69) is 19.2 Å². The monoisotopic (exact) mass is 210 g/mol. The zero-order valence-electron chi connectivity index (χ0n) is 10.0. The fourth-order valence-corrected chi connectivity index (χ4v) is 2.67. The first-order valence-electron chi connectivity index (χ1n) is 6.08. The van der Waals surface area contributed by atoms with E-state index in [0.29, 0.717) is 23.3 Å². The van der Waals surface area contributed by atoms with Crippen molar-refractivity contribution in [3.63, 3.8) is 0 Å². The largest absolute Gasteiger partial charge is 0.343 e. The molecule has 1 N–H and O–H groups in total. The molecule has 0 aromatic carbocycles. The van der Waals surface area contributed by atoms with Gasteiger partial charge in [0.1, 0.15) is 0 Å². The SMILES string of the molecule is CCC(C)N(C)C(=O)C1CC12CCNC2. The van der Waals surface area contributed by atoms with Crippen LogP contribution in [0.2, 0.25) is 0 Å². The number of nitrogens with one attached hydrogen (secondary N) is 1. The van der Waals surface area contributed by atoms with E-state index in [1.54, 1.807) is 0 Å². The van der Waals surface area contributed by atoms with Crippen LogP contribution in [-0.2, 0) is 4.79 Å². The Labute approximate surface area is 92.2 Å². The zero-order chi connectivity index (χ0) is 11.1. The molecule has 0 radical (unpaired) electrons. The summed E-state index contributed by atoms with van der Waals surface area (Å²) in [5.74, 6) is 0.680. The van der Waals surface area contributed by atoms with Crippen molar-refractivity contribution in [1.82, 2.24) is 10.2 Å². The molecule has 0 aromatic heterocycles. The van der Waals surface area contributed by atoms with Crippen molar-refractivity contribution in [3.8, 4) is 0 Å². The van der Waals surface area contributed by atoms with Gasteiger partial charge in [-0.05, 0) is 38.1 Å². The molecule has 1 saturated heterocycles. The highest BCUT2D eigenvalue weighted by molar-refractivity contribution is 5.83. The molecule has 3 unspecified atom stereocenters. The molecule has 3 nitrogen and oxygen atoms in total. The Morgan fingerprint density at radius 3 is 2.93 bits per heavy atom. The van der Waals surface area contributed by atoms with Crippen molar-refractivity contribution >= 4 is 5.91 Å². The van der Waals surface area contributed by atoms with Crippen molar-refractivity contribution in [2.75, 3.05) is 20.1 Å². The summed E-state index contributed by atoms with van der Waals surface area (Å²) in [6, 6.07) is 0.379. The average molecular weight is 210 g/mol. The summed E-state index contributed by atoms with van der Waals surface area (Å²) in [6.45, 7) is 6.41. The molecule has 0 bridgehead atoms. The molecule has 2 aliphatic rings. The van der Waals surface area contributed by atoms with Gasteiger partial charge in [0.25, 0.3) is 0 Å². The second-order valence-corrected chi connectivity index (χ2v) is 5.25. The Kier molecular flexibility index (Phi) is 2.75. The van der Waals surface area contributed by atoms with Crippen molar-refractivity contribution in [2.45, 2.75) is 39.2 Å². The van der Waals surface area contributed by atoms with E-state index in [0.717, 1.165) is 25.9 Å². The molecule has 1 spiro atoms. The normalized spacial score (nSPS) is 35.5. The standard InChI is InChI=1S/C12H22N2O/c1-4-9(2)14(3)11(15)10-7-12(10)5-6-13-8-12/h9-10,13H,4-8H2,1-3H3. The first-order chi connectivity index (χ1) is 7.10. The second-order valence-electron chi connectivity index (χ2n) is 5.25. The molecule has 0 aromatic rings. The molecule has 1 aliphatic carbocycles. The Bertz CT molecular complexity index is 258. The topological polar surface area (TPSA) is 32.3 Å². The Hall–Kier alpha value is -0.570. The molecule has 3 atom stereocenters. The van der Waals surface area contributed by atoms with E-state index in [-0.39, 0.29) is 0 Å². The van der Waals surface area contributed by atoms with E-state index in [1.807, 2.05) is 11.9 Å². The number of nitrogens with zero attached hydrogens (tertiary/aromatic N) is 1. The van der Waals surface area contributed by atoms with Gasteiger partial charge in [-0.15, -0.1) is 0 Å². The minimum absolute atomic E-state index is 0.312. The minimum Gasteiger partial charge on any atom is -0.343 e. The van der Waals surface area contributed by atoms with E-state index in [9.17, 15) is 4.79 Å². The second kappa shape index (κ2) is 3.78. The third kappa shape index (κ3) is 1.78. The van der Waals surface area contributed by atoms with Crippen LogP contribution in [0.1, 0.15) is 33.1 Å². The predicted octanol–water partition coefficient (Wildman–Crippen LogP) is 1.24. The highest BCUT2D eigenvalue weighted by Crippen LogP contribution is 2.57. The number of rotatable bonds is 3. The Morgan fingerprint density at radius 1 is 1.67 bits per heavy atom. The molecule has 2 fully saturated rings. The lowest BCUT2D eigenvalue weighted by molar-refractivity contribution is -0.133. The lowest BCUT2D eigenvalue weighted by Crippen LogP contribution is -2.37. The van der Waals surface area contributed by atoms with Gasteiger partial charge in [-0.1, -0.05) is 6.92 Å². The summed E-state index contributed by atoms with van der Waals surface area (Å²) in [5.41, 5.74) is 0.346. The van der Waals surface area contributed by atoms with Crippen LogP contribution in [0.4, 0.5) is 0 Å². The van der Waals surface area contributed by atoms with Crippen molar-refractivity contribution in [3.05, 3.63) is 0 Å². The van der Waals surface area contributed by atoms with E-state index >= 15 is 0 Å². The van der Waals surface area contributed by atoms with Crippen LogP contribution < -0.4 is 5.32 Å². The predicted molar refractivity (Wildman–Crippen MR) is 60.5 cm³/mol. The van der Waals surface area contributed by atoms with Gasteiger partial charge in [0.05, 0.1) is 0 Å². The van der Waals surface area contributed by atoms with Crippen LogP contribution in [0.3, 0.4) is 0 Å². The smallest absolute Gasteiger partial charge is 0.226 e. The molecular weight excluding hydrogens is 188 g/mol. The maximum Gasteiger partial charge on any atom is 0.226 e. The molecule has 1 aliphatic heterocycles. The van der Waals surface area contributed by atoms with Gasteiger partial charge in [-0.3, -0.25) is 4.79 Å². The molecule has 1 saturated carbocycles. The lowest BCUT2D eigenvalue weighted by atomic mass is 10.0. The number of hydrogen-bond acceptors (Lipinski definition) is 2. The lowest BCUT2D eigenvalue weighted by Gasteiger charge is -2.24. The number of hydrogen-bond donors (Lipinski definition) is 1. The van der Waals surface area contributed by atoms with Crippen molar-refractivity contribution in [2.24, 2.45) is 11.3 Å². The van der Waals surface area contributed by atoms with E-state index in [1.165, 1.54) is 6.42 Å². The van der Waals surface area contributed by atoms with Crippen LogP contribution in [0.15, 0.2) is 0 Å². The van der Waals surface area contributed by atoms with Crippen LogP contribution in [-0.4, -0.2) is 37.0 Å². The fraction of sp³-hybridized carbons (Fsp3) is 0.917. The molecule has 2 rings (SSSR count). The van der Waals surface area contributed by atoms with E-state index in [4.69, 9.17) is 0 Å². The maximum absolute atomic E-state index is 12.2. The summed E-state index contributed by atoms with van der Waals surface area (Å²) in [4.78, 5) is 14.1. The van der Waals surface area contributed by atoms with Gasteiger partial charge in [0, 0.05) is 25.6 Å². The van der Waals surface area contributed by atoms with Gasteiger partial charge < -0.3 is 10.2 Å². The van der Waals surface area contributed by atoms with E-state index < -0.39 is 0 Å². The highest BCUT2D eigenvalue weighted by atomic mass is 16.2. The van der Waals surface area contributed by atoms with Crippen LogP contribution in [0.5, 0.6) is 0 Å². The number of amides is 1. The first-order valence-corrected chi connectivity index (χ1v) is 6.08. The zero-order valence-corrected chi connectivity index (χ0v) is 10.0. The maximum atomic E-state index is 12.2. The van der Waals surface area contributed by atoms with Crippen molar-refractivity contribution < 1.29 is 4.79 Å². The molecule has 1 amide bonds. The van der Waals surface area contributed by atoms with Crippen LogP contribution in [0.25, 0.3) is 0 Å². The Balaban J connectivity index is 1.93. The summed E-state index contributed by atoms with van der Waals surface area (Å²) in [5, 5.41) is 3.37. The van der Waals surface area contributed by atoms with Crippen LogP contribution in [0, 0.1) is 11.3 Å². The van der Waals surface area contributed by atoms with Crippen molar-refractivity contribution in [1.29, 1.82) is 0 Å². The molecule has 15 heavy (non-hydrogen) atoms. The highest BCUT2D eigenvalue weighted by Gasteiger charge is 2.59. The third-order valence-corrected chi connectivity index (χ3v) is 4.36. The quantitative estimate of drug-likeness (QED) is 0.760. The number of carbonyl (C=O) groups is 1.